The zero-order valence-corrected chi connectivity index (χ0v) is 10.7. The number of aryl methyl sites for hydroxylation is 1. The Labute approximate surface area is 111 Å². The molecule has 0 aliphatic heterocycles. The summed E-state index contributed by atoms with van der Waals surface area (Å²) in [5, 5.41) is 2.77. The van der Waals surface area contributed by atoms with E-state index in [9.17, 15) is 9.18 Å². The molecule has 0 saturated carbocycles. The highest BCUT2D eigenvalue weighted by Crippen LogP contribution is 2.04. The van der Waals surface area contributed by atoms with E-state index in [0.717, 1.165) is 11.4 Å². The smallest absolute Gasteiger partial charge is 0.224 e. The van der Waals surface area contributed by atoms with Crippen molar-refractivity contribution in [1.82, 2.24) is 10.3 Å². The van der Waals surface area contributed by atoms with Crippen LogP contribution in [-0.2, 0) is 17.8 Å². The van der Waals surface area contributed by atoms with Gasteiger partial charge in [-0.2, -0.15) is 0 Å². The van der Waals surface area contributed by atoms with Gasteiger partial charge in [-0.1, -0.05) is 18.2 Å². The first-order valence-corrected chi connectivity index (χ1v) is 6.07. The highest BCUT2D eigenvalue weighted by Gasteiger charge is 2.04. The largest absolute Gasteiger partial charge is 0.350 e. The molecular formula is C15H15FN2O. The fourth-order valence-corrected chi connectivity index (χ4v) is 1.78. The van der Waals surface area contributed by atoms with Crippen molar-refractivity contribution in [3.8, 4) is 0 Å². The summed E-state index contributed by atoms with van der Waals surface area (Å²) in [6, 6.07) is 11.7. The number of carbonyl (C=O) groups excluding carboxylic acids is 1. The van der Waals surface area contributed by atoms with E-state index < -0.39 is 0 Å². The molecule has 4 heteroatoms. The fourth-order valence-electron chi connectivity index (χ4n) is 1.78. The van der Waals surface area contributed by atoms with Crippen LogP contribution in [0, 0.1) is 12.7 Å². The Bertz CT molecular complexity index is 584. The van der Waals surface area contributed by atoms with E-state index in [1.54, 1.807) is 12.1 Å². The number of pyridine rings is 1. The molecule has 1 aromatic carbocycles. The minimum absolute atomic E-state index is 0.145. The highest BCUT2D eigenvalue weighted by atomic mass is 19.1. The molecule has 98 valence electrons. The van der Waals surface area contributed by atoms with Gasteiger partial charge in [0.25, 0.3) is 0 Å². The maximum absolute atomic E-state index is 13.0. The molecule has 0 spiro atoms. The normalized spacial score (nSPS) is 10.2. The Morgan fingerprint density at radius 2 is 2.05 bits per heavy atom. The highest BCUT2D eigenvalue weighted by molar-refractivity contribution is 5.78. The van der Waals surface area contributed by atoms with Crippen LogP contribution in [-0.4, -0.2) is 10.9 Å². The van der Waals surface area contributed by atoms with E-state index in [1.165, 1.54) is 12.1 Å². The summed E-state index contributed by atoms with van der Waals surface area (Å²) in [6.07, 6.45) is 0.170. The van der Waals surface area contributed by atoms with E-state index in [1.807, 2.05) is 25.1 Å². The number of rotatable bonds is 4. The zero-order valence-electron chi connectivity index (χ0n) is 10.7. The van der Waals surface area contributed by atoms with Crippen molar-refractivity contribution in [3.05, 3.63) is 65.2 Å². The van der Waals surface area contributed by atoms with Crippen molar-refractivity contribution in [3.63, 3.8) is 0 Å². The lowest BCUT2D eigenvalue weighted by molar-refractivity contribution is -0.120. The molecule has 0 radical (unpaired) electrons. The molecule has 0 saturated heterocycles. The molecule has 0 unspecified atom stereocenters. The van der Waals surface area contributed by atoms with Gasteiger partial charge in [-0.05, 0) is 36.8 Å². The van der Waals surface area contributed by atoms with Crippen LogP contribution in [0.25, 0.3) is 0 Å². The number of carbonyl (C=O) groups is 1. The van der Waals surface area contributed by atoms with Crippen molar-refractivity contribution >= 4 is 5.91 Å². The Morgan fingerprint density at radius 1 is 1.26 bits per heavy atom. The monoisotopic (exact) mass is 258 g/mol. The van der Waals surface area contributed by atoms with Crippen LogP contribution in [0.2, 0.25) is 0 Å². The Balaban J connectivity index is 1.88. The minimum atomic E-state index is -0.328. The van der Waals surface area contributed by atoms with E-state index >= 15 is 0 Å². The maximum Gasteiger partial charge on any atom is 0.224 e. The van der Waals surface area contributed by atoms with Gasteiger partial charge in [-0.3, -0.25) is 9.78 Å². The van der Waals surface area contributed by atoms with E-state index in [0.29, 0.717) is 12.1 Å². The van der Waals surface area contributed by atoms with Gasteiger partial charge in [-0.25, -0.2) is 4.39 Å². The van der Waals surface area contributed by atoms with Gasteiger partial charge < -0.3 is 5.32 Å². The average Bonchev–Trinajstić information content (AvgIpc) is 2.36. The number of benzene rings is 1. The third kappa shape index (κ3) is 4.17. The minimum Gasteiger partial charge on any atom is -0.350 e. The molecule has 0 bridgehead atoms. The van der Waals surface area contributed by atoms with Crippen molar-refractivity contribution in [2.45, 2.75) is 19.9 Å². The van der Waals surface area contributed by atoms with E-state index in [2.05, 4.69) is 10.3 Å². The lowest BCUT2D eigenvalue weighted by Crippen LogP contribution is -2.25. The third-order valence-electron chi connectivity index (χ3n) is 2.67. The summed E-state index contributed by atoms with van der Waals surface area (Å²) in [5.41, 5.74) is 2.39. The molecular weight excluding hydrogens is 243 g/mol. The van der Waals surface area contributed by atoms with Crippen LogP contribution in [0.1, 0.15) is 17.0 Å². The van der Waals surface area contributed by atoms with Crippen molar-refractivity contribution in [2.24, 2.45) is 0 Å². The topological polar surface area (TPSA) is 42.0 Å². The SMILES string of the molecule is Cc1cccc(CNC(=O)Cc2cccc(F)c2)n1. The first kappa shape index (κ1) is 13.2. The second kappa shape index (κ2) is 6.09. The number of halogens is 1. The number of nitrogens with zero attached hydrogens (tertiary/aromatic N) is 1. The molecule has 2 aromatic rings. The average molecular weight is 258 g/mol. The lowest BCUT2D eigenvalue weighted by Gasteiger charge is -2.05. The molecule has 1 N–H and O–H groups in total. The molecule has 0 aliphatic carbocycles. The van der Waals surface area contributed by atoms with Gasteiger partial charge in [-0.15, -0.1) is 0 Å². The molecule has 0 fully saturated rings. The number of aromatic nitrogens is 1. The molecule has 3 nitrogen and oxygen atoms in total. The summed E-state index contributed by atoms with van der Waals surface area (Å²) in [5.74, 6) is -0.473. The number of hydrogen-bond donors (Lipinski definition) is 1. The first-order valence-electron chi connectivity index (χ1n) is 6.07. The van der Waals surface area contributed by atoms with Crippen LogP contribution in [0.4, 0.5) is 4.39 Å². The predicted molar refractivity (Wildman–Crippen MR) is 70.9 cm³/mol. The van der Waals surface area contributed by atoms with Crippen molar-refractivity contribution < 1.29 is 9.18 Å². The molecule has 2 rings (SSSR count). The first-order chi connectivity index (χ1) is 9.13. The molecule has 19 heavy (non-hydrogen) atoms. The summed E-state index contributed by atoms with van der Waals surface area (Å²) in [4.78, 5) is 16.0. The summed E-state index contributed by atoms with van der Waals surface area (Å²) in [7, 11) is 0. The van der Waals surface area contributed by atoms with Gasteiger partial charge >= 0.3 is 0 Å². The standard InChI is InChI=1S/C15H15FN2O/c1-11-4-2-7-14(18-11)10-17-15(19)9-12-5-3-6-13(16)8-12/h2-8H,9-10H2,1H3,(H,17,19). The number of amides is 1. The number of hydrogen-bond acceptors (Lipinski definition) is 2. The van der Waals surface area contributed by atoms with Crippen LogP contribution in [0.5, 0.6) is 0 Å². The van der Waals surface area contributed by atoms with Gasteiger partial charge in [0, 0.05) is 5.69 Å². The van der Waals surface area contributed by atoms with Gasteiger partial charge in [0.05, 0.1) is 18.7 Å². The third-order valence-corrected chi connectivity index (χ3v) is 2.67. The molecule has 0 aliphatic rings. The van der Waals surface area contributed by atoms with Gasteiger partial charge in [0.2, 0.25) is 5.91 Å². The predicted octanol–water partition coefficient (Wildman–Crippen LogP) is 2.39. The van der Waals surface area contributed by atoms with Gasteiger partial charge in [0.15, 0.2) is 0 Å². The van der Waals surface area contributed by atoms with Crippen LogP contribution < -0.4 is 5.32 Å². The quantitative estimate of drug-likeness (QED) is 0.915. The maximum atomic E-state index is 13.0. The molecule has 0 atom stereocenters. The second-order valence-electron chi connectivity index (χ2n) is 4.35. The van der Waals surface area contributed by atoms with Gasteiger partial charge in [0.1, 0.15) is 5.82 Å². The van der Waals surface area contributed by atoms with Crippen LogP contribution in [0.15, 0.2) is 42.5 Å². The summed E-state index contributed by atoms with van der Waals surface area (Å²) >= 11 is 0. The molecule has 1 aromatic heterocycles. The van der Waals surface area contributed by atoms with Crippen molar-refractivity contribution in [2.75, 3.05) is 0 Å². The Kier molecular flexibility index (Phi) is 4.23. The fraction of sp³-hybridized carbons (Fsp3) is 0.200. The Morgan fingerprint density at radius 3 is 2.79 bits per heavy atom. The van der Waals surface area contributed by atoms with E-state index in [-0.39, 0.29) is 18.1 Å². The van der Waals surface area contributed by atoms with E-state index in [4.69, 9.17) is 0 Å². The lowest BCUT2D eigenvalue weighted by atomic mass is 10.1. The second-order valence-corrected chi connectivity index (χ2v) is 4.35. The zero-order chi connectivity index (χ0) is 13.7. The summed E-state index contributed by atoms with van der Waals surface area (Å²) in [6.45, 7) is 2.29. The van der Waals surface area contributed by atoms with Crippen LogP contribution in [0.3, 0.4) is 0 Å². The van der Waals surface area contributed by atoms with Crippen molar-refractivity contribution in [1.29, 1.82) is 0 Å². The van der Waals surface area contributed by atoms with Crippen LogP contribution >= 0.6 is 0 Å². The Hall–Kier alpha value is -2.23. The number of nitrogens with one attached hydrogen (secondary N) is 1. The summed E-state index contributed by atoms with van der Waals surface area (Å²) < 4.78 is 13.0. The molecule has 1 heterocycles. The molecule has 1 amide bonds.